The van der Waals surface area contributed by atoms with Gasteiger partial charge in [-0.3, -0.25) is 14.5 Å². The zero-order valence-electron chi connectivity index (χ0n) is 29.9. The number of carboxylic acid groups (broad SMARTS) is 1. The largest absolute Gasteiger partial charge is 0.478 e. The first kappa shape index (κ1) is 36.9. The van der Waals surface area contributed by atoms with Crippen molar-refractivity contribution in [2.45, 2.75) is 26.9 Å². The van der Waals surface area contributed by atoms with Gasteiger partial charge >= 0.3 is 18.2 Å². The van der Waals surface area contributed by atoms with Gasteiger partial charge in [0, 0.05) is 51.5 Å². The summed E-state index contributed by atoms with van der Waals surface area (Å²) in [5.74, 6) is -2.23. The minimum Gasteiger partial charge on any atom is -0.478 e. The van der Waals surface area contributed by atoms with Gasteiger partial charge in [0.1, 0.15) is 0 Å². The SMILES string of the molecule is Cc1cn(-c2cc(C(=O)N(c3ccccc3)c3cccc(NC(=O)Nc4ccc5c(c4)NC(=O)/C5=C\c4[nH]c(C)c(C(=O)O)c4C)c3)cc(C(F)(F)F)c2)cn1. The smallest absolute Gasteiger partial charge is 0.416 e. The number of aromatic carboxylic acids is 1. The molecule has 0 bridgehead atoms. The highest BCUT2D eigenvalue weighted by atomic mass is 19.4. The lowest BCUT2D eigenvalue weighted by Crippen LogP contribution is -2.27. The summed E-state index contributed by atoms with van der Waals surface area (Å²) in [6.07, 6.45) is -0.239. The number of aromatic amines is 1. The molecule has 5 N–H and O–H groups in total. The van der Waals surface area contributed by atoms with Gasteiger partial charge in [0.15, 0.2) is 0 Å². The van der Waals surface area contributed by atoms with Crippen molar-refractivity contribution in [2.24, 2.45) is 0 Å². The van der Waals surface area contributed by atoms with Crippen LogP contribution in [0.25, 0.3) is 17.3 Å². The molecule has 15 heteroatoms. The molecule has 0 fully saturated rings. The third-order valence-corrected chi connectivity index (χ3v) is 9.12. The van der Waals surface area contributed by atoms with Crippen LogP contribution in [-0.2, 0) is 11.0 Å². The number of fused-ring (bicyclic) bond motifs is 1. The Morgan fingerprint density at radius 1 is 0.875 bits per heavy atom. The van der Waals surface area contributed by atoms with Crippen LogP contribution >= 0.6 is 0 Å². The molecule has 0 saturated heterocycles. The minimum atomic E-state index is -4.74. The summed E-state index contributed by atoms with van der Waals surface area (Å²) in [7, 11) is 0. The fraction of sp³-hybridized carbons (Fsp3) is 0.0976. The van der Waals surface area contributed by atoms with Gasteiger partial charge in [0.25, 0.3) is 11.8 Å². The van der Waals surface area contributed by atoms with Crippen LogP contribution in [0.3, 0.4) is 0 Å². The van der Waals surface area contributed by atoms with Crippen LogP contribution in [0, 0.1) is 20.8 Å². The van der Waals surface area contributed by atoms with Crippen molar-refractivity contribution in [1.29, 1.82) is 0 Å². The Bertz CT molecular complexity index is 2590. The molecule has 4 aromatic carbocycles. The van der Waals surface area contributed by atoms with Crippen molar-refractivity contribution in [3.8, 4) is 5.69 Å². The van der Waals surface area contributed by atoms with Gasteiger partial charge in [-0.1, -0.05) is 30.3 Å². The van der Waals surface area contributed by atoms with Gasteiger partial charge in [-0.15, -0.1) is 0 Å². The number of nitrogens with one attached hydrogen (secondary N) is 4. The third-order valence-electron chi connectivity index (χ3n) is 9.12. The van der Waals surface area contributed by atoms with Crippen LogP contribution in [0.1, 0.15) is 54.5 Å². The number of alkyl halides is 3. The van der Waals surface area contributed by atoms with Crippen molar-refractivity contribution in [1.82, 2.24) is 14.5 Å². The van der Waals surface area contributed by atoms with Gasteiger partial charge in [0.05, 0.1) is 40.1 Å². The number of hydrogen-bond donors (Lipinski definition) is 5. The summed E-state index contributed by atoms with van der Waals surface area (Å²) < 4.78 is 43.7. The molecule has 0 aliphatic carbocycles. The van der Waals surface area contributed by atoms with Crippen molar-refractivity contribution >= 4 is 63.9 Å². The molecule has 0 unspecified atom stereocenters. The maximum atomic E-state index is 14.3. The number of urea groups is 1. The van der Waals surface area contributed by atoms with Crippen LogP contribution in [0.4, 0.5) is 46.4 Å². The topological polar surface area (TPSA) is 161 Å². The van der Waals surface area contributed by atoms with E-state index in [2.05, 4.69) is 25.9 Å². The zero-order chi connectivity index (χ0) is 39.9. The molecule has 1 aliphatic rings. The number of amides is 4. The fourth-order valence-electron chi connectivity index (χ4n) is 6.51. The van der Waals surface area contributed by atoms with Gasteiger partial charge in [0.2, 0.25) is 0 Å². The summed E-state index contributed by atoms with van der Waals surface area (Å²) in [4.78, 5) is 60.5. The number of halogens is 3. The Morgan fingerprint density at radius 2 is 1.59 bits per heavy atom. The first-order chi connectivity index (χ1) is 26.7. The van der Waals surface area contributed by atoms with Gasteiger partial charge in [-0.2, -0.15) is 13.2 Å². The molecule has 6 aromatic rings. The first-order valence-electron chi connectivity index (χ1n) is 17.1. The maximum absolute atomic E-state index is 14.3. The molecule has 4 amide bonds. The number of para-hydroxylation sites is 1. The standard InChI is InChI=1S/C41H32F3N7O5/c1-22-20-50(21-45-22)31-15-25(14-26(16-31)41(42,43)44)38(53)51(29-9-5-4-6-10-29)30-11-7-8-27(17-30)47-40(56)48-28-12-13-32-33(37(52)49-35(32)18-28)19-34-23(2)36(39(54)55)24(3)46-34/h4-21,46H,1-3H3,(H,49,52)(H,54,55)(H2,47,48,56)/b33-19-. The lowest BCUT2D eigenvalue weighted by Gasteiger charge is -2.24. The molecule has 1 aliphatic heterocycles. The Hall–Kier alpha value is -7.42. The number of anilines is 5. The van der Waals surface area contributed by atoms with E-state index in [1.807, 2.05) is 0 Å². The number of nitrogens with zero attached hydrogens (tertiary/aromatic N) is 3. The highest BCUT2D eigenvalue weighted by Gasteiger charge is 2.33. The molecule has 0 radical (unpaired) electrons. The summed E-state index contributed by atoms with van der Waals surface area (Å²) in [5.41, 5.74) is 3.54. The summed E-state index contributed by atoms with van der Waals surface area (Å²) in [5, 5.41) is 17.7. The summed E-state index contributed by atoms with van der Waals surface area (Å²) >= 11 is 0. The van der Waals surface area contributed by atoms with E-state index < -0.39 is 35.6 Å². The number of imidazole rings is 1. The van der Waals surface area contributed by atoms with E-state index in [4.69, 9.17) is 0 Å². The van der Waals surface area contributed by atoms with Crippen LogP contribution in [-0.4, -0.2) is 43.5 Å². The van der Waals surface area contributed by atoms with E-state index in [1.165, 1.54) is 27.9 Å². The van der Waals surface area contributed by atoms with Gasteiger partial charge in [-0.25, -0.2) is 14.6 Å². The molecule has 282 valence electrons. The first-order valence-corrected chi connectivity index (χ1v) is 17.1. The number of rotatable bonds is 8. The Balaban J connectivity index is 1.14. The molecule has 0 spiro atoms. The molecule has 7 rings (SSSR count). The van der Waals surface area contributed by atoms with Crippen LogP contribution in [0.5, 0.6) is 0 Å². The predicted octanol–water partition coefficient (Wildman–Crippen LogP) is 8.96. The lowest BCUT2D eigenvalue weighted by molar-refractivity contribution is -0.137. The Morgan fingerprint density at radius 3 is 2.25 bits per heavy atom. The van der Waals surface area contributed by atoms with Crippen molar-refractivity contribution in [2.75, 3.05) is 20.9 Å². The lowest BCUT2D eigenvalue weighted by atomic mass is 10.0. The van der Waals surface area contributed by atoms with E-state index in [-0.39, 0.29) is 28.2 Å². The molecule has 0 atom stereocenters. The molecule has 0 saturated carbocycles. The second-order valence-corrected chi connectivity index (χ2v) is 13.0. The third kappa shape index (κ3) is 7.37. The number of aryl methyl sites for hydroxylation is 2. The summed E-state index contributed by atoms with van der Waals surface area (Å²) in [6, 6.07) is 21.9. The molecule has 12 nitrogen and oxygen atoms in total. The number of H-pyrrole nitrogens is 1. The second-order valence-electron chi connectivity index (χ2n) is 13.0. The average Bonchev–Trinajstić information content (AvgIpc) is 3.81. The Kier molecular flexibility index (Phi) is 9.51. The average molecular weight is 760 g/mol. The summed E-state index contributed by atoms with van der Waals surface area (Å²) in [6.45, 7) is 4.99. The quantitative estimate of drug-likeness (QED) is 0.0974. The maximum Gasteiger partial charge on any atom is 0.416 e. The molecule has 2 aromatic heterocycles. The van der Waals surface area contributed by atoms with Crippen LogP contribution in [0.2, 0.25) is 0 Å². The van der Waals surface area contributed by atoms with Crippen LogP contribution in [0.15, 0.2) is 104 Å². The fourth-order valence-corrected chi connectivity index (χ4v) is 6.51. The second kappa shape index (κ2) is 14.4. The number of benzene rings is 4. The number of aromatic nitrogens is 3. The van der Waals surface area contributed by atoms with Gasteiger partial charge in [-0.05, 0) is 93.1 Å². The Labute approximate surface area is 317 Å². The zero-order valence-corrected chi connectivity index (χ0v) is 29.9. The number of carbonyl (C=O) groups is 4. The number of carbonyl (C=O) groups excluding carboxylic acids is 3. The molecule has 56 heavy (non-hydrogen) atoms. The number of carboxylic acids is 1. The van der Waals surface area contributed by atoms with E-state index >= 15 is 0 Å². The normalized spacial score (nSPS) is 13.0. The highest BCUT2D eigenvalue weighted by molar-refractivity contribution is 6.35. The molecule has 3 heterocycles. The van der Waals surface area contributed by atoms with Crippen molar-refractivity contribution in [3.05, 3.63) is 148 Å². The minimum absolute atomic E-state index is 0.0993. The van der Waals surface area contributed by atoms with Gasteiger partial charge < -0.3 is 30.6 Å². The molecular formula is C41H32F3N7O5. The molecular weight excluding hydrogens is 727 g/mol. The van der Waals surface area contributed by atoms with E-state index in [9.17, 15) is 37.5 Å². The van der Waals surface area contributed by atoms with Crippen LogP contribution < -0.4 is 20.9 Å². The van der Waals surface area contributed by atoms with E-state index in [0.29, 0.717) is 50.8 Å². The number of hydrogen-bond acceptors (Lipinski definition) is 5. The van der Waals surface area contributed by atoms with Crippen molar-refractivity contribution < 1.29 is 37.5 Å². The van der Waals surface area contributed by atoms with E-state index in [1.54, 1.807) is 99.8 Å². The monoisotopic (exact) mass is 759 g/mol. The van der Waals surface area contributed by atoms with E-state index in [0.717, 1.165) is 12.1 Å². The predicted molar refractivity (Wildman–Crippen MR) is 205 cm³/mol. The highest BCUT2D eigenvalue weighted by Crippen LogP contribution is 2.37. The van der Waals surface area contributed by atoms with Crippen molar-refractivity contribution in [3.63, 3.8) is 0 Å².